The smallest absolute Gasteiger partial charge is 0.271 e. The first-order valence-electron chi connectivity index (χ1n) is 6.85. The Morgan fingerprint density at radius 3 is 2.70 bits per heavy atom. The molecule has 0 aliphatic heterocycles. The molecular formula is C15H16N4O2S2. The van der Waals surface area contributed by atoms with E-state index in [1.807, 2.05) is 35.8 Å². The van der Waals surface area contributed by atoms with Crippen molar-refractivity contribution in [3.8, 4) is 16.1 Å². The molecule has 6 nitrogen and oxygen atoms in total. The topological polar surface area (TPSA) is 67.2 Å². The largest absolute Gasteiger partial charge is 0.301 e. The van der Waals surface area contributed by atoms with Crippen LogP contribution in [0.1, 0.15) is 0 Å². The predicted molar refractivity (Wildman–Crippen MR) is 93.1 cm³/mol. The molecule has 2 heterocycles. The summed E-state index contributed by atoms with van der Waals surface area (Å²) in [5, 5.41) is 7.37. The molecule has 0 unspecified atom stereocenters. The number of nitrogens with zero attached hydrogens (tertiary/aromatic N) is 3. The summed E-state index contributed by atoms with van der Waals surface area (Å²) in [4.78, 5) is 0. The second-order valence-corrected chi connectivity index (χ2v) is 7.91. The van der Waals surface area contributed by atoms with Gasteiger partial charge in [0.2, 0.25) is 0 Å². The molecule has 0 aliphatic carbocycles. The Bertz CT molecular complexity index is 899. The van der Waals surface area contributed by atoms with E-state index in [2.05, 4.69) is 9.82 Å². The van der Waals surface area contributed by atoms with Crippen molar-refractivity contribution < 1.29 is 8.42 Å². The van der Waals surface area contributed by atoms with Crippen LogP contribution in [-0.4, -0.2) is 36.6 Å². The molecule has 0 fully saturated rings. The second kappa shape index (κ2) is 6.15. The van der Waals surface area contributed by atoms with Crippen molar-refractivity contribution in [1.82, 2.24) is 14.1 Å². The molecule has 120 valence electrons. The minimum absolute atomic E-state index is 0.514. The lowest BCUT2D eigenvalue weighted by Crippen LogP contribution is -2.28. The van der Waals surface area contributed by atoms with Crippen LogP contribution in [0.4, 0.5) is 5.69 Å². The van der Waals surface area contributed by atoms with E-state index in [0.29, 0.717) is 5.69 Å². The zero-order valence-corrected chi connectivity index (χ0v) is 14.3. The third-order valence-corrected chi connectivity index (χ3v) is 5.55. The number of thiophene rings is 1. The summed E-state index contributed by atoms with van der Waals surface area (Å²) in [5.74, 6) is 0. The maximum absolute atomic E-state index is 11.9. The molecule has 0 spiro atoms. The number of nitrogens with one attached hydrogen (secondary N) is 1. The molecule has 1 aromatic carbocycles. The molecule has 0 atom stereocenters. The third kappa shape index (κ3) is 3.44. The number of hydrogen-bond donors (Lipinski definition) is 1. The highest BCUT2D eigenvalue weighted by Gasteiger charge is 2.13. The maximum Gasteiger partial charge on any atom is 0.301 e. The zero-order valence-electron chi connectivity index (χ0n) is 12.7. The van der Waals surface area contributed by atoms with E-state index in [-0.39, 0.29) is 0 Å². The lowest BCUT2D eigenvalue weighted by atomic mass is 10.1. The first-order valence-corrected chi connectivity index (χ1v) is 9.17. The average molecular weight is 348 g/mol. The molecule has 0 saturated heterocycles. The second-order valence-electron chi connectivity index (χ2n) is 5.10. The van der Waals surface area contributed by atoms with Gasteiger partial charge in [0.15, 0.2) is 0 Å². The molecule has 0 aliphatic rings. The van der Waals surface area contributed by atoms with Crippen LogP contribution in [0.2, 0.25) is 0 Å². The van der Waals surface area contributed by atoms with Gasteiger partial charge in [-0.2, -0.15) is 17.8 Å². The lowest BCUT2D eigenvalue weighted by Gasteiger charge is -2.13. The molecule has 8 heteroatoms. The monoisotopic (exact) mass is 348 g/mol. The number of hydrogen-bond acceptors (Lipinski definition) is 4. The Kier molecular flexibility index (Phi) is 4.20. The third-order valence-electron chi connectivity index (χ3n) is 3.24. The normalized spacial score (nSPS) is 11.8. The lowest BCUT2D eigenvalue weighted by molar-refractivity contribution is 0.527. The number of aromatic nitrogens is 2. The average Bonchev–Trinajstić information content (AvgIpc) is 3.18. The van der Waals surface area contributed by atoms with E-state index < -0.39 is 10.2 Å². The number of rotatable bonds is 5. The maximum atomic E-state index is 11.9. The minimum Gasteiger partial charge on any atom is -0.271 e. The highest BCUT2D eigenvalue weighted by molar-refractivity contribution is 7.90. The van der Waals surface area contributed by atoms with Crippen molar-refractivity contribution in [2.45, 2.75) is 0 Å². The Morgan fingerprint density at radius 2 is 2.00 bits per heavy atom. The first kappa shape index (κ1) is 15.7. The van der Waals surface area contributed by atoms with Crippen LogP contribution < -0.4 is 4.72 Å². The molecule has 23 heavy (non-hydrogen) atoms. The van der Waals surface area contributed by atoms with Crippen LogP contribution >= 0.6 is 11.3 Å². The van der Waals surface area contributed by atoms with Crippen LogP contribution in [0, 0.1) is 0 Å². The van der Waals surface area contributed by atoms with Crippen molar-refractivity contribution in [3.63, 3.8) is 0 Å². The fourth-order valence-corrected chi connectivity index (χ4v) is 3.26. The van der Waals surface area contributed by atoms with E-state index >= 15 is 0 Å². The Hall–Kier alpha value is -2.16. The van der Waals surface area contributed by atoms with Crippen molar-refractivity contribution in [1.29, 1.82) is 0 Å². The molecule has 2 aromatic heterocycles. The van der Waals surface area contributed by atoms with Crippen molar-refractivity contribution in [2.24, 2.45) is 0 Å². The summed E-state index contributed by atoms with van der Waals surface area (Å²) in [7, 11) is -0.550. The van der Waals surface area contributed by atoms with Gasteiger partial charge in [-0.05, 0) is 35.2 Å². The first-order chi connectivity index (χ1) is 11.0. The summed E-state index contributed by atoms with van der Waals surface area (Å²) in [5.41, 5.74) is 2.33. The summed E-state index contributed by atoms with van der Waals surface area (Å²) >= 11 is 1.60. The summed E-state index contributed by atoms with van der Waals surface area (Å²) in [6, 6.07) is 11.2. The Labute approximate surface area is 139 Å². The molecule has 0 radical (unpaired) electrons. The highest BCUT2D eigenvalue weighted by atomic mass is 32.2. The molecule has 3 rings (SSSR count). The molecule has 0 bridgehead atoms. The summed E-state index contributed by atoms with van der Waals surface area (Å²) in [6.45, 7) is 0. The van der Waals surface area contributed by atoms with Crippen molar-refractivity contribution in [3.05, 3.63) is 54.2 Å². The SMILES string of the molecule is CN(C)S(=O)(=O)Nc1cccc(-c2cnn(-c3cccs3)c2)c1. The van der Waals surface area contributed by atoms with Crippen LogP contribution in [0.5, 0.6) is 0 Å². The van der Waals surface area contributed by atoms with Gasteiger partial charge in [-0.1, -0.05) is 12.1 Å². The Balaban J connectivity index is 1.89. The highest BCUT2D eigenvalue weighted by Crippen LogP contribution is 2.24. The molecule has 3 aromatic rings. The van der Waals surface area contributed by atoms with Gasteiger partial charge < -0.3 is 0 Å². The summed E-state index contributed by atoms with van der Waals surface area (Å²) < 4.78 is 29.3. The quantitative estimate of drug-likeness (QED) is 0.771. The van der Waals surface area contributed by atoms with E-state index in [1.54, 1.807) is 34.3 Å². The van der Waals surface area contributed by atoms with Crippen LogP contribution in [0.3, 0.4) is 0 Å². The zero-order chi connectivity index (χ0) is 16.4. The van der Waals surface area contributed by atoms with Gasteiger partial charge in [0, 0.05) is 25.9 Å². The minimum atomic E-state index is -3.52. The number of benzene rings is 1. The van der Waals surface area contributed by atoms with E-state index in [4.69, 9.17) is 0 Å². The van der Waals surface area contributed by atoms with Gasteiger partial charge in [0.1, 0.15) is 5.00 Å². The van der Waals surface area contributed by atoms with Crippen LogP contribution in [-0.2, 0) is 10.2 Å². The molecular weight excluding hydrogens is 332 g/mol. The number of anilines is 1. The van der Waals surface area contributed by atoms with E-state index in [1.165, 1.54) is 14.1 Å². The van der Waals surface area contributed by atoms with Gasteiger partial charge in [-0.3, -0.25) is 4.72 Å². The van der Waals surface area contributed by atoms with Gasteiger partial charge in [0.25, 0.3) is 0 Å². The van der Waals surface area contributed by atoms with Gasteiger partial charge in [-0.15, -0.1) is 11.3 Å². The van der Waals surface area contributed by atoms with Gasteiger partial charge in [-0.25, -0.2) is 4.68 Å². The summed E-state index contributed by atoms with van der Waals surface area (Å²) in [6.07, 6.45) is 3.69. The Morgan fingerprint density at radius 1 is 1.17 bits per heavy atom. The van der Waals surface area contributed by atoms with Crippen molar-refractivity contribution >= 4 is 27.2 Å². The fourth-order valence-electron chi connectivity index (χ4n) is 2.00. The van der Waals surface area contributed by atoms with Crippen LogP contribution in [0.15, 0.2) is 54.2 Å². The fraction of sp³-hybridized carbons (Fsp3) is 0.133. The van der Waals surface area contributed by atoms with Gasteiger partial charge >= 0.3 is 10.2 Å². The van der Waals surface area contributed by atoms with Crippen molar-refractivity contribution in [2.75, 3.05) is 18.8 Å². The van der Waals surface area contributed by atoms with Gasteiger partial charge in [0.05, 0.1) is 11.9 Å². The van der Waals surface area contributed by atoms with Crippen LogP contribution in [0.25, 0.3) is 16.1 Å². The van der Waals surface area contributed by atoms with E-state index in [0.717, 1.165) is 20.4 Å². The molecule has 0 saturated carbocycles. The standard InChI is InChI=1S/C15H16N4O2S2/c1-18(2)23(20,21)17-14-6-3-5-12(9-14)13-10-16-19(11-13)15-7-4-8-22-15/h3-11,17H,1-2H3. The molecule has 0 amide bonds. The molecule has 1 N–H and O–H groups in total. The predicted octanol–water partition coefficient (Wildman–Crippen LogP) is 2.82. The van der Waals surface area contributed by atoms with E-state index in [9.17, 15) is 8.42 Å².